The van der Waals surface area contributed by atoms with Gasteiger partial charge in [0, 0.05) is 23.4 Å². The number of anilines is 1. The Labute approximate surface area is 111 Å². The fraction of sp³-hybridized carbons (Fsp3) is 0.500. The number of nitro groups is 1. The predicted octanol–water partition coefficient (Wildman–Crippen LogP) is 2.43. The van der Waals surface area contributed by atoms with Gasteiger partial charge >= 0.3 is 0 Å². The lowest BCUT2D eigenvalue weighted by Gasteiger charge is -2.17. The maximum Gasteiger partial charge on any atom is 0.272 e. The third-order valence-electron chi connectivity index (χ3n) is 2.66. The van der Waals surface area contributed by atoms with Crippen LogP contribution in [0.3, 0.4) is 0 Å². The Hall–Kier alpha value is -1.27. The minimum absolute atomic E-state index is 0.0155. The monoisotopic (exact) mass is 270 g/mol. The number of hydrogen-bond acceptors (Lipinski definition) is 5. The third-order valence-corrected chi connectivity index (χ3v) is 3.30. The van der Waals surface area contributed by atoms with Crippen molar-refractivity contribution in [3.8, 4) is 0 Å². The van der Waals surface area contributed by atoms with Crippen molar-refractivity contribution in [3.05, 3.63) is 33.9 Å². The van der Waals surface area contributed by atoms with Crippen LogP contribution in [0.1, 0.15) is 12.0 Å². The summed E-state index contributed by atoms with van der Waals surface area (Å²) in [6.45, 7) is 1.76. The normalized spacial score (nSPS) is 12.2. The van der Waals surface area contributed by atoms with Crippen LogP contribution in [-0.2, 0) is 0 Å². The van der Waals surface area contributed by atoms with Crippen molar-refractivity contribution >= 4 is 23.1 Å². The van der Waals surface area contributed by atoms with Gasteiger partial charge in [-0.2, -0.15) is 11.8 Å². The maximum absolute atomic E-state index is 10.7. The first-order chi connectivity index (χ1) is 8.58. The summed E-state index contributed by atoms with van der Waals surface area (Å²) in [7, 11) is 0. The van der Waals surface area contributed by atoms with Gasteiger partial charge in [0.15, 0.2) is 0 Å². The van der Waals surface area contributed by atoms with Crippen LogP contribution in [0.5, 0.6) is 0 Å². The molecule has 0 fully saturated rings. The van der Waals surface area contributed by atoms with Crippen LogP contribution in [-0.4, -0.2) is 34.7 Å². The Morgan fingerprint density at radius 1 is 1.56 bits per heavy atom. The predicted molar refractivity (Wildman–Crippen MR) is 75.3 cm³/mol. The lowest BCUT2D eigenvalue weighted by Crippen LogP contribution is -2.24. The Balaban J connectivity index is 2.72. The van der Waals surface area contributed by atoms with Gasteiger partial charge in [0.25, 0.3) is 5.69 Å². The summed E-state index contributed by atoms with van der Waals surface area (Å²) in [4.78, 5) is 10.3. The van der Waals surface area contributed by atoms with Crippen LogP contribution < -0.4 is 5.32 Å². The minimum atomic E-state index is -0.392. The molecule has 18 heavy (non-hydrogen) atoms. The van der Waals surface area contributed by atoms with Crippen molar-refractivity contribution in [2.24, 2.45) is 0 Å². The van der Waals surface area contributed by atoms with Crippen molar-refractivity contribution in [2.45, 2.75) is 19.4 Å². The Morgan fingerprint density at radius 2 is 2.28 bits per heavy atom. The van der Waals surface area contributed by atoms with Gasteiger partial charge in [-0.1, -0.05) is 0 Å². The first-order valence-electron chi connectivity index (χ1n) is 5.70. The lowest BCUT2D eigenvalue weighted by atomic mass is 10.1. The Morgan fingerprint density at radius 3 is 2.78 bits per heavy atom. The van der Waals surface area contributed by atoms with E-state index in [2.05, 4.69) is 5.32 Å². The molecular weight excluding hydrogens is 252 g/mol. The summed E-state index contributed by atoms with van der Waals surface area (Å²) < 4.78 is 0. The molecule has 1 aromatic rings. The number of nitro benzene ring substituents is 1. The molecule has 2 N–H and O–H groups in total. The second-order valence-electron chi connectivity index (χ2n) is 4.06. The molecule has 0 aromatic heterocycles. The molecule has 1 aromatic carbocycles. The summed E-state index contributed by atoms with van der Waals surface area (Å²) in [5, 5.41) is 23.1. The first kappa shape index (κ1) is 14.8. The topological polar surface area (TPSA) is 75.4 Å². The molecule has 0 heterocycles. The van der Waals surface area contributed by atoms with Crippen molar-refractivity contribution in [2.75, 3.05) is 23.9 Å². The molecule has 1 atom stereocenters. The summed E-state index contributed by atoms with van der Waals surface area (Å²) in [6.07, 6.45) is 2.87. The Kier molecular flexibility index (Phi) is 5.94. The van der Waals surface area contributed by atoms with Crippen LogP contribution in [0.25, 0.3) is 0 Å². The van der Waals surface area contributed by atoms with Gasteiger partial charge < -0.3 is 10.4 Å². The second-order valence-corrected chi connectivity index (χ2v) is 5.05. The van der Waals surface area contributed by atoms with E-state index in [-0.39, 0.29) is 18.3 Å². The van der Waals surface area contributed by atoms with E-state index in [0.717, 1.165) is 17.9 Å². The molecule has 0 radical (unpaired) electrons. The van der Waals surface area contributed by atoms with Gasteiger partial charge in [0.2, 0.25) is 0 Å². The number of hydrogen-bond donors (Lipinski definition) is 2. The van der Waals surface area contributed by atoms with Crippen LogP contribution in [0.15, 0.2) is 18.2 Å². The molecule has 1 unspecified atom stereocenters. The molecule has 6 heteroatoms. The highest BCUT2D eigenvalue weighted by atomic mass is 32.2. The first-order valence-corrected chi connectivity index (χ1v) is 7.09. The SMILES string of the molecule is CSCCC(CO)Nc1ccc([N+](=O)[O-])c(C)c1. The minimum Gasteiger partial charge on any atom is -0.394 e. The number of aliphatic hydroxyl groups is 1. The molecule has 0 bridgehead atoms. The highest BCUT2D eigenvalue weighted by Crippen LogP contribution is 2.22. The zero-order valence-corrected chi connectivity index (χ0v) is 11.4. The van der Waals surface area contributed by atoms with Crippen molar-refractivity contribution < 1.29 is 10.0 Å². The zero-order chi connectivity index (χ0) is 13.5. The van der Waals surface area contributed by atoms with Crippen LogP contribution >= 0.6 is 11.8 Å². The Bertz CT molecular complexity index is 412. The van der Waals surface area contributed by atoms with Gasteiger partial charge in [0.05, 0.1) is 11.5 Å². The lowest BCUT2D eigenvalue weighted by molar-refractivity contribution is -0.385. The highest BCUT2D eigenvalue weighted by molar-refractivity contribution is 7.98. The van der Waals surface area contributed by atoms with Gasteiger partial charge in [-0.15, -0.1) is 0 Å². The quantitative estimate of drug-likeness (QED) is 0.588. The molecule has 100 valence electrons. The molecule has 0 spiro atoms. The van der Waals surface area contributed by atoms with Crippen LogP contribution in [0.4, 0.5) is 11.4 Å². The fourth-order valence-electron chi connectivity index (χ4n) is 1.66. The van der Waals surface area contributed by atoms with E-state index in [1.807, 2.05) is 6.26 Å². The maximum atomic E-state index is 10.7. The number of thioether (sulfide) groups is 1. The molecular formula is C12H18N2O3S. The third kappa shape index (κ3) is 4.19. The van der Waals surface area contributed by atoms with E-state index in [1.165, 1.54) is 6.07 Å². The number of aliphatic hydroxyl groups excluding tert-OH is 1. The van der Waals surface area contributed by atoms with E-state index >= 15 is 0 Å². The fourth-order valence-corrected chi connectivity index (χ4v) is 2.18. The number of nitrogens with one attached hydrogen (secondary N) is 1. The molecule has 0 saturated carbocycles. The molecule has 0 aliphatic carbocycles. The summed E-state index contributed by atoms with van der Waals surface area (Å²) in [5.41, 5.74) is 1.54. The van der Waals surface area contributed by atoms with E-state index in [1.54, 1.807) is 30.8 Å². The van der Waals surface area contributed by atoms with Crippen LogP contribution in [0.2, 0.25) is 0 Å². The van der Waals surface area contributed by atoms with Gasteiger partial charge in [-0.05, 0) is 37.5 Å². The van der Waals surface area contributed by atoms with E-state index < -0.39 is 4.92 Å². The largest absolute Gasteiger partial charge is 0.394 e. The van der Waals surface area contributed by atoms with E-state index in [4.69, 9.17) is 0 Å². The highest BCUT2D eigenvalue weighted by Gasteiger charge is 2.12. The molecule has 0 saturated heterocycles. The second kappa shape index (κ2) is 7.23. The van der Waals surface area contributed by atoms with E-state index in [0.29, 0.717) is 5.56 Å². The van der Waals surface area contributed by atoms with E-state index in [9.17, 15) is 15.2 Å². The summed E-state index contributed by atoms with van der Waals surface area (Å²) >= 11 is 1.72. The van der Waals surface area contributed by atoms with Crippen molar-refractivity contribution in [1.82, 2.24) is 0 Å². The average Bonchev–Trinajstić information content (AvgIpc) is 2.34. The number of nitrogens with zero attached hydrogens (tertiary/aromatic N) is 1. The average molecular weight is 270 g/mol. The molecule has 0 amide bonds. The van der Waals surface area contributed by atoms with Crippen LogP contribution in [0, 0.1) is 17.0 Å². The number of rotatable bonds is 7. The van der Waals surface area contributed by atoms with Crippen molar-refractivity contribution in [1.29, 1.82) is 0 Å². The molecule has 0 aliphatic heterocycles. The van der Waals surface area contributed by atoms with Crippen molar-refractivity contribution in [3.63, 3.8) is 0 Å². The number of aryl methyl sites for hydroxylation is 1. The smallest absolute Gasteiger partial charge is 0.272 e. The number of benzene rings is 1. The van der Waals surface area contributed by atoms with Gasteiger partial charge in [0.1, 0.15) is 0 Å². The summed E-state index contributed by atoms with van der Waals surface area (Å²) in [5.74, 6) is 0.962. The molecule has 1 rings (SSSR count). The standard InChI is InChI=1S/C12H18N2O3S/c1-9-7-10(3-4-12(9)14(16)17)13-11(8-15)5-6-18-2/h3-4,7,11,13,15H,5-6,8H2,1-2H3. The molecule has 5 nitrogen and oxygen atoms in total. The zero-order valence-electron chi connectivity index (χ0n) is 10.5. The van der Waals surface area contributed by atoms with Gasteiger partial charge in [-0.25, -0.2) is 0 Å². The van der Waals surface area contributed by atoms with Gasteiger partial charge in [-0.3, -0.25) is 10.1 Å². The molecule has 0 aliphatic rings. The summed E-state index contributed by atoms with van der Waals surface area (Å²) in [6, 6.07) is 4.88.